The lowest BCUT2D eigenvalue weighted by atomic mass is 9.83. The zero-order valence-electron chi connectivity index (χ0n) is 10.2. The summed E-state index contributed by atoms with van der Waals surface area (Å²) in [5, 5.41) is 0. The number of methoxy groups -OCH3 is 1. The highest BCUT2D eigenvalue weighted by atomic mass is 16.5. The van der Waals surface area contributed by atoms with E-state index in [1.807, 2.05) is 24.3 Å². The van der Waals surface area contributed by atoms with Crippen LogP contribution in [0.2, 0.25) is 0 Å². The predicted molar refractivity (Wildman–Crippen MR) is 66.3 cm³/mol. The van der Waals surface area contributed by atoms with E-state index in [2.05, 4.69) is 0 Å². The number of hydrogen-bond acceptors (Lipinski definition) is 2. The van der Waals surface area contributed by atoms with Gasteiger partial charge in [-0.3, -0.25) is 4.79 Å². The summed E-state index contributed by atoms with van der Waals surface area (Å²) in [5.74, 6) is 2.86. The van der Waals surface area contributed by atoms with Crippen LogP contribution in [0.3, 0.4) is 0 Å². The van der Waals surface area contributed by atoms with Gasteiger partial charge in [0.2, 0.25) is 0 Å². The molecule has 0 aromatic heterocycles. The molecular weight excluding hydrogens is 212 g/mol. The molecule has 3 unspecified atom stereocenters. The van der Waals surface area contributed by atoms with Crippen LogP contribution in [0.4, 0.5) is 0 Å². The van der Waals surface area contributed by atoms with Crippen LogP contribution in [0.1, 0.15) is 36.0 Å². The van der Waals surface area contributed by atoms with Crippen molar-refractivity contribution in [3.8, 4) is 5.75 Å². The van der Waals surface area contributed by atoms with Gasteiger partial charge in [-0.25, -0.2) is 0 Å². The molecule has 2 fully saturated rings. The van der Waals surface area contributed by atoms with Crippen molar-refractivity contribution in [1.82, 2.24) is 0 Å². The Kier molecular flexibility index (Phi) is 2.65. The Hall–Kier alpha value is -1.31. The molecule has 2 heteroatoms. The van der Waals surface area contributed by atoms with Crippen LogP contribution in [-0.4, -0.2) is 12.9 Å². The average Bonchev–Trinajstić information content (AvgIpc) is 3.00. The molecule has 0 saturated heterocycles. The zero-order chi connectivity index (χ0) is 11.8. The van der Waals surface area contributed by atoms with Crippen molar-refractivity contribution in [3.05, 3.63) is 29.8 Å². The van der Waals surface area contributed by atoms with Gasteiger partial charge in [-0.05, 0) is 43.2 Å². The second kappa shape index (κ2) is 4.17. The van der Waals surface area contributed by atoms with E-state index in [0.29, 0.717) is 11.7 Å². The Morgan fingerprint density at radius 3 is 2.82 bits per heavy atom. The van der Waals surface area contributed by atoms with Crippen molar-refractivity contribution in [2.75, 3.05) is 7.11 Å². The largest absolute Gasteiger partial charge is 0.497 e. The van der Waals surface area contributed by atoms with Gasteiger partial charge in [0.1, 0.15) is 5.75 Å². The molecule has 2 saturated carbocycles. The highest BCUT2D eigenvalue weighted by molar-refractivity contribution is 5.98. The average molecular weight is 230 g/mol. The van der Waals surface area contributed by atoms with E-state index in [4.69, 9.17) is 4.74 Å². The summed E-state index contributed by atoms with van der Waals surface area (Å²) in [4.78, 5) is 12.4. The zero-order valence-corrected chi connectivity index (χ0v) is 10.2. The van der Waals surface area contributed by atoms with E-state index in [0.717, 1.165) is 23.7 Å². The molecule has 0 radical (unpaired) electrons. The number of ketones is 1. The molecule has 17 heavy (non-hydrogen) atoms. The number of Topliss-reactive ketones (excluding diaryl/α,β-unsaturated/α-hetero) is 1. The van der Waals surface area contributed by atoms with E-state index in [1.165, 1.54) is 19.3 Å². The molecule has 2 aliphatic rings. The first-order valence-electron chi connectivity index (χ1n) is 6.46. The van der Waals surface area contributed by atoms with Crippen molar-refractivity contribution in [2.24, 2.45) is 17.8 Å². The first-order valence-corrected chi connectivity index (χ1v) is 6.46. The third-order valence-electron chi connectivity index (χ3n) is 4.43. The molecule has 3 atom stereocenters. The van der Waals surface area contributed by atoms with Gasteiger partial charge in [0.05, 0.1) is 7.11 Å². The molecule has 0 N–H and O–H groups in total. The minimum absolute atomic E-state index is 0.279. The summed E-state index contributed by atoms with van der Waals surface area (Å²) in [5.41, 5.74) is 0.821. The molecule has 0 spiro atoms. The van der Waals surface area contributed by atoms with E-state index in [1.54, 1.807) is 7.11 Å². The van der Waals surface area contributed by atoms with Gasteiger partial charge in [0, 0.05) is 11.5 Å². The molecule has 2 nitrogen and oxygen atoms in total. The van der Waals surface area contributed by atoms with Crippen LogP contribution in [0.15, 0.2) is 24.3 Å². The van der Waals surface area contributed by atoms with Crippen LogP contribution in [-0.2, 0) is 0 Å². The number of fused-ring (bicyclic) bond motifs is 2. The fraction of sp³-hybridized carbons (Fsp3) is 0.533. The van der Waals surface area contributed by atoms with Gasteiger partial charge in [0.15, 0.2) is 5.78 Å². The monoisotopic (exact) mass is 230 g/mol. The van der Waals surface area contributed by atoms with Gasteiger partial charge in [-0.15, -0.1) is 0 Å². The fourth-order valence-electron chi connectivity index (χ4n) is 3.56. The molecule has 0 heterocycles. The number of rotatable bonds is 3. The van der Waals surface area contributed by atoms with Crippen LogP contribution in [0, 0.1) is 17.8 Å². The smallest absolute Gasteiger partial charge is 0.166 e. The summed E-state index contributed by atoms with van der Waals surface area (Å²) in [6, 6.07) is 7.57. The Morgan fingerprint density at radius 2 is 2.18 bits per heavy atom. The molecular formula is C15H18O2. The highest BCUT2D eigenvalue weighted by Gasteiger charge is 2.43. The fourth-order valence-corrected chi connectivity index (χ4v) is 3.56. The minimum atomic E-state index is 0.279. The minimum Gasteiger partial charge on any atom is -0.497 e. The Balaban J connectivity index is 1.81. The standard InChI is InChI=1S/C15H18O2/c1-17-13-4-2-3-12(9-13)15(16)14-8-10-5-6-11(14)7-10/h2-4,9-11,14H,5-8H2,1H3. The van der Waals surface area contributed by atoms with Crippen LogP contribution in [0.25, 0.3) is 0 Å². The lowest BCUT2D eigenvalue weighted by Gasteiger charge is -2.20. The molecule has 2 bridgehead atoms. The maximum atomic E-state index is 12.4. The number of ether oxygens (including phenoxy) is 1. The van der Waals surface area contributed by atoms with Crippen molar-refractivity contribution in [2.45, 2.75) is 25.7 Å². The normalized spacial score (nSPS) is 30.5. The summed E-state index contributed by atoms with van der Waals surface area (Å²) in [6.07, 6.45) is 4.98. The van der Waals surface area contributed by atoms with E-state index < -0.39 is 0 Å². The topological polar surface area (TPSA) is 26.3 Å². The van der Waals surface area contributed by atoms with Crippen molar-refractivity contribution < 1.29 is 9.53 Å². The van der Waals surface area contributed by atoms with Crippen molar-refractivity contribution >= 4 is 5.78 Å². The quantitative estimate of drug-likeness (QED) is 0.745. The third-order valence-corrected chi connectivity index (χ3v) is 4.43. The van der Waals surface area contributed by atoms with Crippen LogP contribution in [0.5, 0.6) is 5.75 Å². The van der Waals surface area contributed by atoms with E-state index in [-0.39, 0.29) is 5.92 Å². The summed E-state index contributed by atoms with van der Waals surface area (Å²) < 4.78 is 5.18. The molecule has 0 amide bonds. The van der Waals surface area contributed by atoms with Gasteiger partial charge in [-0.2, -0.15) is 0 Å². The SMILES string of the molecule is COc1cccc(C(=O)C2CC3CCC2C3)c1. The number of carbonyl (C=O) groups is 1. The van der Waals surface area contributed by atoms with Gasteiger partial charge in [-0.1, -0.05) is 18.6 Å². The second-order valence-electron chi connectivity index (χ2n) is 5.38. The molecule has 1 aromatic rings. The second-order valence-corrected chi connectivity index (χ2v) is 5.38. The predicted octanol–water partition coefficient (Wildman–Crippen LogP) is 3.31. The number of benzene rings is 1. The number of carbonyl (C=O) groups excluding carboxylic acids is 1. The maximum absolute atomic E-state index is 12.4. The van der Waals surface area contributed by atoms with Gasteiger partial charge >= 0.3 is 0 Å². The molecule has 90 valence electrons. The first-order chi connectivity index (χ1) is 8.28. The summed E-state index contributed by atoms with van der Waals surface area (Å²) in [6.45, 7) is 0. The van der Waals surface area contributed by atoms with Gasteiger partial charge in [0.25, 0.3) is 0 Å². The highest BCUT2D eigenvalue weighted by Crippen LogP contribution is 2.49. The maximum Gasteiger partial charge on any atom is 0.166 e. The molecule has 1 aromatic carbocycles. The lowest BCUT2D eigenvalue weighted by Crippen LogP contribution is -2.21. The van der Waals surface area contributed by atoms with Gasteiger partial charge < -0.3 is 4.74 Å². The van der Waals surface area contributed by atoms with Crippen LogP contribution < -0.4 is 4.74 Å². The van der Waals surface area contributed by atoms with E-state index >= 15 is 0 Å². The Labute approximate surface area is 102 Å². The molecule has 2 aliphatic carbocycles. The third kappa shape index (κ3) is 1.86. The van der Waals surface area contributed by atoms with Crippen molar-refractivity contribution in [1.29, 1.82) is 0 Å². The lowest BCUT2D eigenvalue weighted by molar-refractivity contribution is 0.0874. The molecule has 3 rings (SSSR count). The molecule has 0 aliphatic heterocycles. The van der Waals surface area contributed by atoms with E-state index in [9.17, 15) is 4.79 Å². The number of hydrogen-bond donors (Lipinski definition) is 0. The summed E-state index contributed by atoms with van der Waals surface area (Å²) >= 11 is 0. The van der Waals surface area contributed by atoms with Crippen LogP contribution >= 0.6 is 0 Å². The Morgan fingerprint density at radius 1 is 1.29 bits per heavy atom. The van der Waals surface area contributed by atoms with Crippen molar-refractivity contribution in [3.63, 3.8) is 0 Å². The Bertz CT molecular complexity index is 438. The first kappa shape index (κ1) is 10.8. The summed E-state index contributed by atoms with van der Waals surface area (Å²) in [7, 11) is 1.64.